The van der Waals surface area contributed by atoms with Gasteiger partial charge in [-0.15, -0.1) is 0 Å². The monoisotopic (exact) mass is 186 g/mol. The molecule has 2 heteroatoms. The molecule has 0 saturated heterocycles. The van der Waals surface area contributed by atoms with Crippen LogP contribution in [-0.4, -0.2) is 24.9 Å². The molecular weight excluding hydrogens is 164 g/mol. The van der Waals surface area contributed by atoms with Gasteiger partial charge in [0.2, 0.25) is 0 Å². The lowest BCUT2D eigenvalue weighted by atomic mass is 9.93. The predicted molar refractivity (Wildman–Crippen MR) is 53.6 cm³/mol. The van der Waals surface area contributed by atoms with Gasteiger partial charge in [-0.2, -0.15) is 0 Å². The van der Waals surface area contributed by atoms with E-state index in [4.69, 9.17) is 4.74 Å². The Kier molecular flexibility index (Phi) is 4.20. The largest absolute Gasteiger partial charge is 0.393 e. The molecule has 1 rings (SSSR count). The zero-order valence-electron chi connectivity index (χ0n) is 8.99. The van der Waals surface area contributed by atoms with Crippen molar-refractivity contribution in [3.8, 4) is 0 Å². The molecule has 1 saturated carbocycles. The third kappa shape index (κ3) is 3.28. The van der Waals surface area contributed by atoms with Gasteiger partial charge in [-0.1, -0.05) is 13.8 Å². The van der Waals surface area contributed by atoms with Gasteiger partial charge in [-0.05, 0) is 37.0 Å². The molecule has 13 heavy (non-hydrogen) atoms. The molecule has 78 valence electrons. The SMILES string of the molecule is COCC1CC(O)C(CC(C)C)C1. The second-order valence-electron chi connectivity index (χ2n) is 4.75. The van der Waals surface area contributed by atoms with Crippen molar-refractivity contribution in [3.63, 3.8) is 0 Å². The molecule has 1 aliphatic carbocycles. The standard InChI is InChI=1S/C11H22O2/c1-8(2)4-10-5-9(7-13-3)6-11(10)12/h8-12H,4-7H2,1-3H3. The molecular formula is C11H22O2. The van der Waals surface area contributed by atoms with E-state index < -0.39 is 0 Å². The predicted octanol–water partition coefficient (Wildman–Crippen LogP) is 2.07. The van der Waals surface area contributed by atoms with Gasteiger partial charge in [0.05, 0.1) is 6.10 Å². The van der Waals surface area contributed by atoms with Crippen LogP contribution in [0.3, 0.4) is 0 Å². The molecule has 3 unspecified atom stereocenters. The minimum Gasteiger partial charge on any atom is -0.393 e. The van der Waals surface area contributed by atoms with Crippen molar-refractivity contribution < 1.29 is 9.84 Å². The van der Waals surface area contributed by atoms with Gasteiger partial charge in [0.15, 0.2) is 0 Å². The molecule has 0 radical (unpaired) electrons. The Morgan fingerprint density at radius 1 is 1.38 bits per heavy atom. The maximum atomic E-state index is 9.78. The van der Waals surface area contributed by atoms with Crippen LogP contribution >= 0.6 is 0 Å². The molecule has 1 aliphatic rings. The average Bonchev–Trinajstić information content (AvgIpc) is 2.31. The highest BCUT2D eigenvalue weighted by molar-refractivity contribution is 4.83. The van der Waals surface area contributed by atoms with Crippen molar-refractivity contribution in [2.75, 3.05) is 13.7 Å². The first-order chi connectivity index (χ1) is 6.13. The molecule has 0 aliphatic heterocycles. The van der Waals surface area contributed by atoms with E-state index in [1.165, 1.54) is 0 Å². The van der Waals surface area contributed by atoms with Crippen molar-refractivity contribution in [1.29, 1.82) is 0 Å². The fourth-order valence-electron chi connectivity index (χ4n) is 2.45. The summed E-state index contributed by atoms with van der Waals surface area (Å²) in [6, 6.07) is 0. The third-order valence-electron chi connectivity index (χ3n) is 2.93. The number of hydrogen-bond donors (Lipinski definition) is 1. The summed E-state index contributed by atoms with van der Waals surface area (Å²) in [6.07, 6.45) is 3.15. The maximum absolute atomic E-state index is 9.78. The smallest absolute Gasteiger partial charge is 0.0572 e. The van der Waals surface area contributed by atoms with E-state index in [1.54, 1.807) is 7.11 Å². The number of hydrogen-bond acceptors (Lipinski definition) is 2. The van der Waals surface area contributed by atoms with Gasteiger partial charge in [-0.25, -0.2) is 0 Å². The van der Waals surface area contributed by atoms with E-state index in [0.29, 0.717) is 17.8 Å². The second-order valence-corrected chi connectivity index (χ2v) is 4.75. The van der Waals surface area contributed by atoms with Crippen LogP contribution in [0.25, 0.3) is 0 Å². The highest BCUT2D eigenvalue weighted by Crippen LogP contribution is 2.35. The fourth-order valence-corrected chi connectivity index (χ4v) is 2.45. The summed E-state index contributed by atoms with van der Waals surface area (Å²) < 4.78 is 5.12. The number of aliphatic hydroxyl groups is 1. The van der Waals surface area contributed by atoms with Crippen LogP contribution in [0, 0.1) is 17.8 Å². The molecule has 2 nitrogen and oxygen atoms in total. The minimum absolute atomic E-state index is 0.0810. The van der Waals surface area contributed by atoms with E-state index >= 15 is 0 Å². The van der Waals surface area contributed by atoms with Gasteiger partial charge < -0.3 is 9.84 Å². The number of rotatable bonds is 4. The summed E-state index contributed by atoms with van der Waals surface area (Å²) in [6.45, 7) is 5.25. The van der Waals surface area contributed by atoms with Gasteiger partial charge in [0.25, 0.3) is 0 Å². The van der Waals surface area contributed by atoms with E-state index in [1.807, 2.05) is 0 Å². The van der Waals surface area contributed by atoms with Gasteiger partial charge >= 0.3 is 0 Å². The number of methoxy groups -OCH3 is 1. The van der Waals surface area contributed by atoms with E-state index in [0.717, 1.165) is 25.9 Å². The molecule has 0 spiro atoms. The molecule has 3 atom stereocenters. The molecule has 1 N–H and O–H groups in total. The Morgan fingerprint density at radius 3 is 2.62 bits per heavy atom. The minimum atomic E-state index is -0.0810. The first kappa shape index (κ1) is 11.0. The summed E-state index contributed by atoms with van der Waals surface area (Å²) >= 11 is 0. The second kappa shape index (κ2) is 4.97. The van der Waals surface area contributed by atoms with Crippen molar-refractivity contribution >= 4 is 0 Å². The van der Waals surface area contributed by atoms with E-state index in [9.17, 15) is 5.11 Å². The Balaban J connectivity index is 2.32. The quantitative estimate of drug-likeness (QED) is 0.728. The molecule has 0 heterocycles. The molecule has 0 amide bonds. The van der Waals surface area contributed by atoms with Crippen LogP contribution in [0.15, 0.2) is 0 Å². The molecule has 0 aromatic carbocycles. The van der Waals surface area contributed by atoms with Crippen LogP contribution in [-0.2, 0) is 4.74 Å². The van der Waals surface area contributed by atoms with Gasteiger partial charge in [0.1, 0.15) is 0 Å². The van der Waals surface area contributed by atoms with Crippen molar-refractivity contribution in [2.24, 2.45) is 17.8 Å². The van der Waals surface area contributed by atoms with Crippen molar-refractivity contribution in [1.82, 2.24) is 0 Å². The summed E-state index contributed by atoms with van der Waals surface area (Å²) in [5, 5.41) is 9.78. The molecule has 0 aromatic rings. The fraction of sp³-hybridized carbons (Fsp3) is 1.00. The maximum Gasteiger partial charge on any atom is 0.0572 e. The van der Waals surface area contributed by atoms with Crippen LogP contribution in [0.2, 0.25) is 0 Å². The van der Waals surface area contributed by atoms with E-state index in [2.05, 4.69) is 13.8 Å². The normalized spacial score (nSPS) is 34.4. The van der Waals surface area contributed by atoms with Gasteiger partial charge in [0, 0.05) is 13.7 Å². The lowest BCUT2D eigenvalue weighted by Crippen LogP contribution is -2.14. The van der Waals surface area contributed by atoms with Crippen molar-refractivity contribution in [3.05, 3.63) is 0 Å². The highest BCUT2D eigenvalue weighted by Gasteiger charge is 2.32. The molecule has 0 aromatic heterocycles. The summed E-state index contributed by atoms with van der Waals surface area (Å²) in [7, 11) is 1.74. The average molecular weight is 186 g/mol. The van der Waals surface area contributed by atoms with Gasteiger partial charge in [-0.3, -0.25) is 0 Å². The number of ether oxygens (including phenoxy) is 1. The number of aliphatic hydroxyl groups excluding tert-OH is 1. The van der Waals surface area contributed by atoms with Crippen LogP contribution in [0.1, 0.15) is 33.1 Å². The Labute approximate surface area is 81.3 Å². The Hall–Kier alpha value is -0.0800. The first-order valence-corrected chi connectivity index (χ1v) is 5.30. The molecule has 0 bridgehead atoms. The zero-order valence-corrected chi connectivity index (χ0v) is 8.99. The summed E-state index contributed by atoms with van der Waals surface area (Å²) in [5.74, 6) is 1.80. The van der Waals surface area contributed by atoms with Crippen molar-refractivity contribution in [2.45, 2.75) is 39.2 Å². The van der Waals surface area contributed by atoms with Crippen LogP contribution < -0.4 is 0 Å². The third-order valence-corrected chi connectivity index (χ3v) is 2.93. The lowest BCUT2D eigenvalue weighted by molar-refractivity contribution is 0.114. The molecule has 1 fully saturated rings. The Morgan fingerprint density at radius 2 is 2.08 bits per heavy atom. The van der Waals surface area contributed by atoms with Crippen LogP contribution in [0.5, 0.6) is 0 Å². The topological polar surface area (TPSA) is 29.5 Å². The van der Waals surface area contributed by atoms with E-state index in [-0.39, 0.29) is 6.10 Å². The summed E-state index contributed by atoms with van der Waals surface area (Å²) in [5.41, 5.74) is 0. The first-order valence-electron chi connectivity index (χ1n) is 5.30. The highest BCUT2D eigenvalue weighted by atomic mass is 16.5. The Bertz CT molecular complexity index is 145. The van der Waals surface area contributed by atoms with Crippen LogP contribution in [0.4, 0.5) is 0 Å². The zero-order chi connectivity index (χ0) is 9.84. The lowest BCUT2D eigenvalue weighted by Gasteiger charge is -2.16. The summed E-state index contributed by atoms with van der Waals surface area (Å²) in [4.78, 5) is 0.